The average Bonchev–Trinajstić information content (AvgIpc) is 2.89. The van der Waals surface area contributed by atoms with Gasteiger partial charge in [0.2, 0.25) is 0 Å². The summed E-state index contributed by atoms with van der Waals surface area (Å²) in [5.41, 5.74) is 3.18. The van der Waals surface area contributed by atoms with Gasteiger partial charge in [-0.05, 0) is 44.9 Å². The highest BCUT2D eigenvalue weighted by molar-refractivity contribution is 5.94. The molecule has 1 aromatic heterocycles. The van der Waals surface area contributed by atoms with Gasteiger partial charge in [0.15, 0.2) is 5.69 Å². The molecule has 0 unspecified atom stereocenters. The Morgan fingerprint density at radius 3 is 2.46 bits per heavy atom. The van der Waals surface area contributed by atoms with Crippen molar-refractivity contribution in [2.45, 2.75) is 95.7 Å². The number of allylic oxidation sites excluding steroid dienone is 1. The first kappa shape index (κ1) is 19.7. The fourth-order valence-electron chi connectivity index (χ4n) is 5.30. The van der Waals surface area contributed by atoms with Crippen LogP contribution in [0.1, 0.15) is 86.0 Å². The van der Waals surface area contributed by atoms with Crippen molar-refractivity contribution in [3.05, 3.63) is 29.6 Å². The molecule has 28 heavy (non-hydrogen) atoms. The second-order valence-electron chi connectivity index (χ2n) is 8.89. The fraction of sp³-hybridized carbons (Fsp3) is 0.739. The highest BCUT2D eigenvalue weighted by atomic mass is 16.2. The molecule has 3 aliphatic rings. The third kappa shape index (κ3) is 4.35. The lowest BCUT2D eigenvalue weighted by molar-refractivity contribution is 0.0753. The van der Waals surface area contributed by atoms with Crippen LogP contribution in [0, 0.1) is 0 Å². The number of nitrogens with one attached hydrogen (secondary N) is 1. The molecule has 1 saturated carbocycles. The average molecular weight is 385 g/mol. The van der Waals surface area contributed by atoms with Gasteiger partial charge in [-0.2, -0.15) is 5.10 Å². The molecule has 1 saturated heterocycles. The quantitative estimate of drug-likeness (QED) is 0.784. The van der Waals surface area contributed by atoms with Crippen molar-refractivity contribution in [2.75, 3.05) is 13.1 Å². The summed E-state index contributed by atoms with van der Waals surface area (Å²) < 4.78 is 2.03. The number of hydrogen-bond donors (Lipinski definition) is 1. The first-order valence-corrected chi connectivity index (χ1v) is 11.5. The zero-order valence-electron chi connectivity index (χ0n) is 17.3. The summed E-state index contributed by atoms with van der Waals surface area (Å²) in [5.74, 6) is 0.152. The van der Waals surface area contributed by atoms with Crippen LogP contribution in [-0.4, -0.2) is 45.8 Å². The minimum absolute atomic E-state index is 0.152. The summed E-state index contributed by atoms with van der Waals surface area (Å²) in [4.78, 5) is 15.4. The summed E-state index contributed by atoms with van der Waals surface area (Å²) in [5, 5.41) is 8.71. The number of amides is 1. The van der Waals surface area contributed by atoms with Gasteiger partial charge >= 0.3 is 0 Å². The van der Waals surface area contributed by atoms with Gasteiger partial charge in [-0.1, -0.05) is 38.2 Å². The second-order valence-corrected chi connectivity index (χ2v) is 8.89. The fourth-order valence-corrected chi connectivity index (χ4v) is 5.30. The van der Waals surface area contributed by atoms with E-state index in [9.17, 15) is 4.79 Å². The van der Waals surface area contributed by atoms with Crippen LogP contribution < -0.4 is 5.32 Å². The zero-order valence-corrected chi connectivity index (χ0v) is 17.3. The molecule has 0 radical (unpaired) electrons. The van der Waals surface area contributed by atoms with Crippen LogP contribution in [0.2, 0.25) is 0 Å². The van der Waals surface area contributed by atoms with E-state index in [2.05, 4.69) is 11.9 Å². The number of nitrogens with zero attached hydrogens (tertiary/aromatic N) is 3. The Bertz CT molecular complexity index is 681. The van der Waals surface area contributed by atoms with Gasteiger partial charge < -0.3 is 10.2 Å². The van der Waals surface area contributed by atoms with Crippen LogP contribution in [0.5, 0.6) is 0 Å². The predicted molar refractivity (Wildman–Crippen MR) is 113 cm³/mol. The normalized spacial score (nSPS) is 23.9. The van der Waals surface area contributed by atoms with Crippen molar-refractivity contribution in [1.82, 2.24) is 20.0 Å². The lowest BCUT2D eigenvalue weighted by atomic mass is 9.88. The summed E-state index contributed by atoms with van der Waals surface area (Å²) in [6.45, 7) is 6.34. The Morgan fingerprint density at radius 1 is 1.04 bits per heavy atom. The standard InChI is InChI=1S/C23H36N4O/c1-2-14-27-21-13-12-19(24-18-10-6-5-7-11-18)17-20(21)22(25-27)23(28)26-15-8-3-4-9-16-26/h2,18-19,24H,1,3-17H2/t19-/m1/s1. The van der Waals surface area contributed by atoms with Crippen LogP contribution in [0.15, 0.2) is 12.7 Å². The number of aromatic nitrogens is 2. The van der Waals surface area contributed by atoms with Gasteiger partial charge in [0, 0.05) is 36.4 Å². The van der Waals surface area contributed by atoms with E-state index in [0.29, 0.717) is 24.3 Å². The van der Waals surface area contributed by atoms with Crippen molar-refractivity contribution in [2.24, 2.45) is 0 Å². The van der Waals surface area contributed by atoms with E-state index in [1.807, 2.05) is 15.7 Å². The summed E-state index contributed by atoms with van der Waals surface area (Å²) in [6.07, 6.45) is 16.4. The number of fused-ring (bicyclic) bond motifs is 1. The van der Waals surface area contributed by atoms with Gasteiger partial charge in [0.05, 0.1) is 6.54 Å². The molecule has 1 N–H and O–H groups in total. The lowest BCUT2D eigenvalue weighted by Crippen LogP contribution is -2.43. The van der Waals surface area contributed by atoms with Gasteiger partial charge in [-0.3, -0.25) is 9.48 Å². The Kier molecular flexibility index (Phi) is 6.50. The minimum atomic E-state index is 0.152. The first-order valence-electron chi connectivity index (χ1n) is 11.5. The summed E-state index contributed by atoms with van der Waals surface area (Å²) in [7, 11) is 0. The molecular formula is C23H36N4O. The molecule has 1 amide bonds. The molecule has 1 aliphatic heterocycles. The maximum Gasteiger partial charge on any atom is 0.274 e. The highest BCUT2D eigenvalue weighted by Gasteiger charge is 2.32. The monoisotopic (exact) mass is 384 g/mol. The summed E-state index contributed by atoms with van der Waals surface area (Å²) >= 11 is 0. The molecular weight excluding hydrogens is 348 g/mol. The van der Waals surface area contributed by atoms with Gasteiger partial charge in [-0.25, -0.2) is 0 Å². The third-order valence-electron chi connectivity index (χ3n) is 6.82. The SMILES string of the molecule is C=CCn1nc(C(=O)N2CCCCCC2)c2c1CC[C@@H](NC1CCCCC1)C2. The molecule has 0 bridgehead atoms. The molecule has 2 heterocycles. The van der Waals surface area contributed by atoms with Crippen LogP contribution in [-0.2, 0) is 19.4 Å². The molecule has 5 heteroatoms. The van der Waals surface area contributed by atoms with E-state index in [-0.39, 0.29) is 5.91 Å². The van der Waals surface area contributed by atoms with E-state index < -0.39 is 0 Å². The van der Waals surface area contributed by atoms with Gasteiger partial charge in [-0.15, -0.1) is 6.58 Å². The second kappa shape index (κ2) is 9.25. The Hall–Kier alpha value is -1.62. The number of carbonyl (C=O) groups excluding carboxylic acids is 1. The van der Waals surface area contributed by atoms with Crippen molar-refractivity contribution in [3.63, 3.8) is 0 Å². The van der Waals surface area contributed by atoms with Crippen LogP contribution >= 0.6 is 0 Å². The number of hydrogen-bond acceptors (Lipinski definition) is 3. The van der Waals surface area contributed by atoms with E-state index in [0.717, 1.165) is 45.2 Å². The molecule has 5 nitrogen and oxygen atoms in total. The molecule has 154 valence electrons. The Balaban J connectivity index is 1.53. The van der Waals surface area contributed by atoms with Crippen molar-refractivity contribution < 1.29 is 4.79 Å². The Labute approximate surface area is 169 Å². The van der Waals surface area contributed by atoms with Crippen molar-refractivity contribution in [3.8, 4) is 0 Å². The maximum atomic E-state index is 13.3. The number of rotatable bonds is 5. The van der Waals surface area contributed by atoms with Crippen LogP contribution in [0.3, 0.4) is 0 Å². The predicted octanol–water partition coefficient (Wildman–Crippen LogP) is 3.86. The third-order valence-corrected chi connectivity index (χ3v) is 6.82. The molecule has 0 spiro atoms. The van der Waals surface area contributed by atoms with Gasteiger partial charge in [0.25, 0.3) is 5.91 Å². The molecule has 0 aromatic carbocycles. The molecule has 2 fully saturated rings. The number of carbonyl (C=O) groups is 1. The summed E-state index contributed by atoms with van der Waals surface area (Å²) in [6, 6.07) is 1.14. The topological polar surface area (TPSA) is 50.2 Å². The van der Waals surface area contributed by atoms with Crippen LogP contribution in [0.25, 0.3) is 0 Å². The van der Waals surface area contributed by atoms with Gasteiger partial charge in [0.1, 0.15) is 0 Å². The minimum Gasteiger partial charge on any atom is -0.337 e. The van der Waals surface area contributed by atoms with E-state index in [4.69, 9.17) is 5.10 Å². The van der Waals surface area contributed by atoms with E-state index >= 15 is 0 Å². The molecule has 1 atom stereocenters. The first-order chi connectivity index (χ1) is 13.8. The number of likely N-dealkylation sites (tertiary alicyclic amines) is 1. The van der Waals surface area contributed by atoms with Crippen LogP contribution in [0.4, 0.5) is 0 Å². The smallest absolute Gasteiger partial charge is 0.274 e. The molecule has 4 rings (SSSR count). The molecule has 1 aromatic rings. The highest BCUT2D eigenvalue weighted by Crippen LogP contribution is 2.28. The maximum absolute atomic E-state index is 13.3. The largest absolute Gasteiger partial charge is 0.337 e. The lowest BCUT2D eigenvalue weighted by Gasteiger charge is -2.31. The van der Waals surface area contributed by atoms with Crippen molar-refractivity contribution >= 4 is 5.91 Å². The molecule has 2 aliphatic carbocycles. The van der Waals surface area contributed by atoms with E-state index in [1.54, 1.807) is 0 Å². The zero-order chi connectivity index (χ0) is 19.3. The van der Waals surface area contributed by atoms with Crippen molar-refractivity contribution in [1.29, 1.82) is 0 Å². The van der Waals surface area contributed by atoms with E-state index in [1.165, 1.54) is 56.2 Å². The Morgan fingerprint density at radius 2 is 1.75 bits per heavy atom.